The summed E-state index contributed by atoms with van der Waals surface area (Å²) in [5, 5.41) is 11.4. The molecule has 0 aliphatic carbocycles. The van der Waals surface area contributed by atoms with Crippen LogP contribution in [0, 0.1) is 5.92 Å². The van der Waals surface area contributed by atoms with Gasteiger partial charge in [0.15, 0.2) is 18.1 Å². The average molecular weight is 307 g/mol. The van der Waals surface area contributed by atoms with Crippen molar-refractivity contribution < 1.29 is 24.2 Å². The Morgan fingerprint density at radius 3 is 2.64 bits per heavy atom. The molecule has 120 valence electrons. The lowest BCUT2D eigenvalue weighted by Crippen LogP contribution is -2.31. The summed E-state index contributed by atoms with van der Waals surface area (Å²) in [6.45, 7) is 4.51. The quantitative estimate of drug-likeness (QED) is 0.717. The predicted octanol–water partition coefficient (Wildman–Crippen LogP) is 1.94. The van der Waals surface area contributed by atoms with Crippen LogP contribution in [0.1, 0.15) is 19.4 Å². The minimum absolute atomic E-state index is 0.104. The molecule has 0 fully saturated rings. The van der Waals surface area contributed by atoms with E-state index >= 15 is 0 Å². The fraction of sp³-hybridized carbons (Fsp3) is 0.375. The van der Waals surface area contributed by atoms with Gasteiger partial charge in [-0.05, 0) is 29.7 Å². The van der Waals surface area contributed by atoms with E-state index in [0.717, 1.165) is 6.08 Å². The van der Waals surface area contributed by atoms with Gasteiger partial charge in [0.05, 0.1) is 7.11 Å². The van der Waals surface area contributed by atoms with Crippen molar-refractivity contribution in [1.29, 1.82) is 0 Å². The van der Waals surface area contributed by atoms with Crippen LogP contribution in [0.3, 0.4) is 0 Å². The highest BCUT2D eigenvalue weighted by molar-refractivity contribution is 5.85. The Labute approximate surface area is 129 Å². The number of carbonyl (C=O) groups is 2. The molecule has 0 saturated carbocycles. The van der Waals surface area contributed by atoms with E-state index < -0.39 is 5.97 Å². The molecule has 0 heterocycles. The number of carbonyl (C=O) groups excluding carboxylic acids is 1. The van der Waals surface area contributed by atoms with E-state index in [1.807, 2.05) is 13.8 Å². The van der Waals surface area contributed by atoms with Gasteiger partial charge in [0, 0.05) is 12.6 Å². The highest BCUT2D eigenvalue weighted by Crippen LogP contribution is 2.28. The smallest absolute Gasteiger partial charge is 0.328 e. The van der Waals surface area contributed by atoms with Gasteiger partial charge < -0.3 is 19.9 Å². The monoisotopic (exact) mass is 307 g/mol. The maximum atomic E-state index is 11.6. The molecule has 6 nitrogen and oxygen atoms in total. The Hall–Kier alpha value is -2.50. The maximum absolute atomic E-state index is 11.6. The molecule has 0 saturated heterocycles. The molecular weight excluding hydrogens is 286 g/mol. The van der Waals surface area contributed by atoms with Gasteiger partial charge in [-0.25, -0.2) is 4.79 Å². The number of amides is 1. The third kappa shape index (κ3) is 6.30. The molecule has 0 spiro atoms. The minimum atomic E-state index is -1.03. The van der Waals surface area contributed by atoms with Crippen LogP contribution >= 0.6 is 0 Å². The number of nitrogens with one attached hydrogen (secondary N) is 1. The van der Waals surface area contributed by atoms with Gasteiger partial charge in [-0.2, -0.15) is 0 Å². The Bertz CT molecular complexity index is 551. The van der Waals surface area contributed by atoms with Gasteiger partial charge in [-0.3, -0.25) is 4.79 Å². The van der Waals surface area contributed by atoms with E-state index in [2.05, 4.69) is 5.32 Å². The van der Waals surface area contributed by atoms with Crippen molar-refractivity contribution >= 4 is 18.0 Å². The molecule has 1 amide bonds. The van der Waals surface area contributed by atoms with Crippen molar-refractivity contribution in [3.05, 3.63) is 29.8 Å². The summed E-state index contributed by atoms with van der Waals surface area (Å²) in [5.74, 6) is 0.00406. The Morgan fingerprint density at radius 2 is 2.05 bits per heavy atom. The summed E-state index contributed by atoms with van der Waals surface area (Å²) in [6, 6.07) is 4.96. The van der Waals surface area contributed by atoms with Gasteiger partial charge in [-0.1, -0.05) is 19.9 Å². The Morgan fingerprint density at radius 1 is 1.32 bits per heavy atom. The molecule has 0 unspecified atom stereocenters. The number of benzene rings is 1. The third-order valence-corrected chi connectivity index (χ3v) is 2.67. The largest absolute Gasteiger partial charge is 0.493 e. The van der Waals surface area contributed by atoms with Crippen molar-refractivity contribution in [3.8, 4) is 11.5 Å². The second-order valence-electron chi connectivity index (χ2n) is 5.07. The molecule has 0 aliphatic heterocycles. The van der Waals surface area contributed by atoms with Crippen LogP contribution in [0.15, 0.2) is 24.3 Å². The van der Waals surface area contributed by atoms with Gasteiger partial charge in [0.1, 0.15) is 0 Å². The average Bonchev–Trinajstić information content (AvgIpc) is 2.48. The lowest BCUT2D eigenvalue weighted by Gasteiger charge is -2.12. The van der Waals surface area contributed by atoms with Crippen LogP contribution in [-0.4, -0.2) is 37.2 Å². The second-order valence-corrected chi connectivity index (χ2v) is 5.07. The summed E-state index contributed by atoms with van der Waals surface area (Å²) in [7, 11) is 1.48. The van der Waals surface area contributed by atoms with Crippen LogP contribution in [-0.2, 0) is 9.59 Å². The number of rotatable bonds is 8. The van der Waals surface area contributed by atoms with E-state index in [4.69, 9.17) is 14.6 Å². The summed E-state index contributed by atoms with van der Waals surface area (Å²) in [4.78, 5) is 22.1. The van der Waals surface area contributed by atoms with Gasteiger partial charge in [0.25, 0.3) is 5.91 Å². The molecular formula is C16H21NO5. The lowest BCUT2D eigenvalue weighted by molar-refractivity contribution is -0.131. The first kappa shape index (κ1) is 17.6. The Kier molecular flexibility index (Phi) is 6.95. The van der Waals surface area contributed by atoms with Crippen LogP contribution in [0.2, 0.25) is 0 Å². The van der Waals surface area contributed by atoms with Crippen LogP contribution in [0.4, 0.5) is 0 Å². The van der Waals surface area contributed by atoms with Gasteiger partial charge in [-0.15, -0.1) is 0 Å². The third-order valence-electron chi connectivity index (χ3n) is 2.67. The van der Waals surface area contributed by atoms with Gasteiger partial charge in [0.2, 0.25) is 0 Å². The first-order chi connectivity index (χ1) is 10.4. The fourth-order valence-corrected chi connectivity index (χ4v) is 1.59. The molecule has 22 heavy (non-hydrogen) atoms. The van der Waals surface area contributed by atoms with Crippen LogP contribution < -0.4 is 14.8 Å². The molecule has 0 bridgehead atoms. The zero-order valence-corrected chi connectivity index (χ0v) is 13.0. The number of carboxylic acids is 1. The molecule has 1 aromatic rings. The van der Waals surface area contributed by atoms with E-state index in [9.17, 15) is 9.59 Å². The van der Waals surface area contributed by atoms with Crippen molar-refractivity contribution in [1.82, 2.24) is 5.32 Å². The summed E-state index contributed by atoms with van der Waals surface area (Å²) >= 11 is 0. The molecule has 0 atom stereocenters. The maximum Gasteiger partial charge on any atom is 0.328 e. The number of ether oxygens (including phenoxy) is 2. The number of aliphatic carboxylic acids is 1. The van der Waals surface area contributed by atoms with E-state index in [-0.39, 0.29) is 12.5 Å². The topological polar surface area (TPSA) is 84.9 Å². The lowest BCUT2D eigenvalue weighted by atomic mass is 10.2. The van der Waals surface area contributed by atoms with Crippen molar-refractivity contribution in [2.24, 2.45) is 5.92 Å². The SMILES string of the molecule is COc1cc(/C=C/C(=O)O)ccc1OCC(=O)NCC(C)C. The van der Waals surface area contributed by atoms with E-state index in [0.29, 0.717) is 29.5 Å². The summed E-state index contributed by atoms with van der Waals surface area (Å²) in [5.41, 5.74) is 0.663. The highest BCUT2D eigenvalue weighted by atomic mass is 16.5. The molecule has 1 rings (SSSR count). The predicted molar refractivity (Wildman–Crippen MR) is 83.0 cm³/mol. The molecule has 0 radical (unpaired) electrons. The first-order valence-corrected chi connectivity index (χ1v) is 6.91. The molecule has 0 aliphatic rings. The fourth-order valence-electron chi connectivity index (χ4n) is 1.59. The first-order valence-electron chi connectivity index (χ1n) is 6.91. The zero-order valence-electron chi connectivity index (χ0n) is 13.0. The summed E-state index contributed by atoms with van der Waals surface area (Å²) < 4.78 is 10.6. The minimum Gasteiger partial charge on any atom is -0.493 e. The molecule has 6 heteroatoms. The second kappa shape index (κ2) is 8.71. The molecule has 1 aromatic carbocycles. The number of hydrogen-bond donors (Lipinski definition) is 2. The molecule has 0 aromatic heterocycles. The number of methoxy groups -OCH3 is 1. The number of carboxylic acid groups (broad SMARTS) is 1. The highest BCUT2D eigenvalue weighted by Gasteiger charge is 2.08. The van der Waals surface area contributed by atoms with Crippen molar-refractivity contribution in [2.75, 3.05) is 20.3 Å². The number of hydrogen-bond acceptors (Lipinski definition) is 4. The van der Waals surface area contributed by atoms with Crippen LogP contribution in [0.25, 0.3) is 6.08 Å². The summed E-state index contributed by atoms with van der Waals surface area (Å²) in [6.07, 6.45) is 2.48. The van der Waals surface area contributed by atoms with Crippen molar-refractivity contribution in [3.63, 3.8) is 0 Å². The molecule has 2 N–H and O–H groups in total. The Balaban J connectivity index is 2.67. The van der Waals surface area contributed by atoms with E-state index in [1.54, 1.807) is 18.2 Å². The zero-order chi connectivity index (χ0) is 16.5. The normalized spacial score (nSPS) is 10.7. The van der Waals surface area contributed by atoms with Crippen LogP contribution in [0.5, 0.6) is 11.5 Å². The van der Waals surface area contributed by atoms with Crippen molar-refractivity contribution in [2.45, 2.75) is 13.8 Å². The standard InChI is InChI=1S/C16H21NO5/c1-11(2)9-17-15(18)10-22-13-6-4-12(5-7-16(19)20)8-14(13)21-3/h4-8,11H,9-10H2,1-3H3,(H,17,18)(H,19,20)/b7-5+. The van der Waals surface area contributed by atoms with Gasteiger partial charge >= 0.3 is 5.97 Å². The van der Waals surface area contributed by atoms with E-state index in [1.165, 1.54) is 13.2 Å².